The molecule has 1 N–H and O–H groups in total. The van der Waals surface area contributed by atoms with E-state index in [9.17, 15) is 4.79 Å². The highest BCUT2D eigenvalue weighted by molar-refractivity contribution is 5.92. The third kappa shape index (κ3) is 5.33. The summed E-state index contributed by atoms with van der Waals surface area (Å²) in [6.07, 6.45) is 1.81. The van der Waals surface area contributed by atoms with Crippen LogP contribution in [0.15, 0.2) is 54.6 Å². The van der Waals surface area contributed by atoms with Crippen LogP contribution in [-0.4, -0.2) is 37.0 Å². The van der Waals surface area contributed by atoms with Crippen LogP contribution in [0.5, 0.6) is 5.75 Å². The lowest BCUT2D eigenvalue weighted by Crippen LogP contribution is -2.39. The maximum atomic E-state index is 12.3. The molecule has 0 bridgehead atoms. The van der Waals surface area contributed by atoms with Crippen molar-refractivity contribution in [3.63, 3.8) is 0 Å². The Morgan fingerprint density at radius 2 is 1.76 bits per heavy atom. The number of nitrogens with one attached hydrogen (secondary N) is 1. The van der Waals surface area contributed by atoms with E-state index in [4.69, 9.17) is 4.74 Å². The standard InChI is InChI=1S/C21H26N2O2/c1-17-7-9-20(10-8-17)25-16-15-23-13-11-18(12-14-23)21(24)22-19-5-3-2-4-6-19/h2-10,18H,11-16H2,1H3,(H,22,24). The Hall–Kier alpha value is -2.33. The molecule has 0 radical (unpaired) electrons. The molecule has 1 fully saturated rings. The topological polar surface area (TPSA) is 41.6 Å². The first-order valence-electron chi connectivity index (χ1n) is 8.98. The molecule has 0 unspecified atom stereocenters. The number of carbonyl (C=O) groups excluding carboxylic acids is 1. The zero-order chi connectivity index (χ0) is 17.5. The molecule has 0 spiro atoms. The summed E-state index contributed by atoms with van der Waals surface area (Å²) >= 11 is 0. The molecule has 2 aromatic carbocycles. The largest absolute Gasteiger partial charge is 0.492 e. The molecule has 0 aromatic heterocycles. The maximum Gasteiger partial charge on any atom is 0.227 e. The molecule has 4 nitrogen and oxygen atoms in total. The minimum absolute atomic E-state index is 0.106. The average Bonchev–Trinajstić information content (AvgIpc) is 2.65. The van der Waals surface area contributed by atoms with E-state index < -0.39 is 0 Å². The highest BCUT2D eigenvalue weighted by Gasteiger charge is 2.24. The number of amides is 1. The quantitative estimate of drug-likeness (QED) is 0.873. The van der Waals surface area contributed by atoms with Gasteiger partial charge in [0.15, 0.2) is 0 Å². The van der Waals surface area contributed by atoms with E-state index in [2.05, 4.69) is 29.3 Å². The van der Waals surface area contributed by atoms with Gasteiger partial charge in [-0.1, -0.05) is 35.9 Å². The van der Waals surface area contributed by atoms with Crippen molar-refractivity contribution in [2.45, 2.75) is 19.8 Å². The molecule has 0 saturated carbocycles. The van der Waals surface area contributed by atoms with Crippen LogP contribution in [0.2, 0.25) is 0 Å². The molecule has 3 rings (SSSR count). The van der Waals surface area contributed by atoms with Crippen molar-refractivity contribution in [1.82, 2.24) is 4.90 Å². The van der Waals surface area contributed by atoms with Gasteiger partial charge in [-0.3, -0.25) is 9.69 Å². The number of benzene rings is 2. The number of nitrogens with zero attached hydrogens (tertiary/aromatic N) is 1. The highest BCUT2D eigenvalue weighted by Crippen LogP contribution is 2.19. The predicted octanol–water partition coefficient (Wildman–Crippen LogP) is 3.72. The van der Waals surface area contributed by atoms with Crippen LogP contribution in [-0.2, 0) is 4.79 Å². The van der Waals surface area contributed by atoms with Gasteiger partial charge in [-0.25, -0.2) is 0 Å². The first-order chi connectivity index (χ1) is 12.2. The number of likely N-dealkylation sites (tertiary alicyclic amines) is 1. The van der Waals surface area contributed by atoms with E-state index in [1.165, 1.54) is 5.56 Å². The first-order valence-corrected chi connectivity index (χ1v) is 8.98. The third-order valence-electron chi connectivity index (χ3n) is 4.70. The molecule has 0 atom stereocenters. The molecule has 1 heterocycles. The fourth-order valence-corrected chi connectivity index (χ4v) is 3.11. The van der Waals surface area contributed by atoms with Crippen LogP contribution in [0, 0.1) is 12.8 Å². The number of ether oxygens (including phenoxy) is 1. The molecular weight excluding hydrogens is 312 g/mol. The number of hydrogen-bond acceptors (Lipinski definition) is 3. The number of aryl methyl sites for hydroxylation is 1. The number of rotatable bonds is 6. The van der Waals surface area contributed by atoms with Crippen molar-refractivity contribution in [2.75, 3.05) is 31.6 Å². The second kappa shape index (κ2) is 8.67. The van der Waals surface area contributed by atoms with Crippen molar-refractivity contribution >= 4 is 11.6 Å². The van der Waals surface area contributed by atoms with Crippen molar-refractivity contribution in [3.8, 4) is 5.75 Å². The lowest BCUT2D eigenvalue weighted by Gasteiger charge is -2.31. The summed E-state index contributed by atoms with van der Waals surface area (Å²) in [7, 11) is 0. The molecular formula is C21H26N2O2. The van der Waals surface area contributed by atoms with Crippen LogP contribution in [0.3, 0.4) is 0 Å². The minimum Gasteiger partial charge on any atom is -0.492 e. The fraction of sp³-hybridized carbons (Fsp3) is 0.381. The Kier molecular flexibility index (Phi) is 6.07. The third-order valence-corrected chi connectivity index (χ3v) is 4.70. The van der Waals surface area contributed by atoms with Gasteiger partial charge < -0.3 is 10.1 Å². The zero-order valence-electron chi connectivity index (χ0n) is 14.8. The van der Waals surface area contributed by atoms with Gasteiger partial charge in [0, 0.05) is 18.2 Å². The van der Waals surface area contributed by atoms with Gasteiger partial charge in [-0.2, -0.15) is 0 Å². The molecule has 25 heavy (non-hydrogen) atoms. The Bertz CT molecular complexity index is 662. The highest BCUT2D eigenvalue weighted by atomic mass is 16.5. The summed E-state index contributed by atoms with van der Waals surface area (Å²) in [5, 5.41) is 3.01. The summed E-state index contributed by atoms with van der Waals surface area (Å²) in [6, 6.07) is 17.8. The van der Waals surface area contributed by atoms with Crippen LogP contribution in [0.1, 0.15) is 18.4 Å². The lowest BCUT2D eigenvalue weighted by molar-refractivity contribution is -0.121. The molecule has 1 amide bonds. The monoisotopic (exact) mass is 338 g/mol. The number of anilines is 1. The summed E-state index contributed by atoms with van der Waals surface area (Å²) in [5.41, 5.74) is 2.12. The molecule has 0 aliphatic carbocycles. The van der Waals surface area contributed by atoms with Crippen molar-refractivity contribution in [1.29, 1.82) is 0 Å². The molecule has 2 aromatic rings. The van der Waals surface area contributed by atoms with E-state index in [1.54, 1.807) is 0 Å². The Morgan fingerprint density at radius 1 is 1.08 bits per heavy atom. The van der Waals surface area contributed by atoms with Crippen LogP contribution < -0.4 is 10.1 Å². The lowest BCUT2D eigenvalue weighted by atomic mass is 9.96. The van der Waals surface area contributed by atoms with Gasteiger partial charge in [0.1, 0.15) is 12.4 Å². The van der Waals surface area contributed by atoms with Crippen molar-refractivity contribution in [2.24, 2.45) is 5.92 Å². The van der Waals surface area contributed by atoms with E-state index in [1.807, 2.05) is 42.5 Å². The summed E-state index contributed by atoms with van der Waals surface area (Å²) in [4.78, 5) is 14.7. The number of carbonyl (C=O) groups is 1. The van der Waals surface area contributed by atoms with E-state index in [-0.39, 0.29) is 11.8 Å². The second-order valence-electron chi connectivity index (χ2n) is 6.63. The van der Waals surface area contributed by atoms with E-state index in [0.717, 1.165) is 43.9 Å². The van der Waals surface area contributed by atoms with E-state index in [0.29, 0.717) is 6.61 Å². The number of para-hydroxylation sites is 1. The molecule has 132 valence electrons. The van der Waals surface area contributed by atoms with Crippen molar-refractivity contribution < 1.29 is 9.53 Å². The smallest absolute Gasteiger partial charge is 0.227 e. The van der Waals surface area contributed by atoms with Crippen LogP contribution in [0.4, 0.5) is 5.69 Å². The van der Waals surface area contributed by atoms with Crippen LogP contribution >= 0.6 is 0 Å². The van der Waals surface area contributed by atoms with Gasteiger partial charge in [0.05, 0.1) is 0 Å². The van der Waals surface area contributed by atoms with Gasteiger partial charge in [0.25, 0.3) is 0 Å². The Balaban J connectivity index is 1.37. The Labute approximate surface area is 149 Å². The van der Waals surface area contributed by atoms with Gasteiger partial charge in [-0.05, 0) is 57.1 Å². The number of piperidine rings is 1. The van der Waals surface area contributed by atoms with Gasteiger partial charge >= 0.3 is 0 Å². The minimum atomic E-state index is 0.106. The molecule has 1 aliphatic heterocycles. The number of hydrogen-bond donors (Lipinski definition) is 1. The zero-order valence-corrected chi connectivity index (χ0v) is 14.8. The Morgan fingerprint density at radius 3 is 2.44 bits per heavy atom. The predicted molar refractivity (Wildman–Crippen MR) is 101 cm³/mol. The summed E-state index contributed by atoms with van der Waals surface area (Å²) in [5.74, 6) is 1.17. The SMILES string of the molecule is Cc1ccc(OCCN2CCC(C(=O)Nc3ccccc3)CC2)cc1. The second-order valence-corrected chi connectivity index (χ2v) is 6.63. The first kappa shape index (κ1) is 17.5. The van der Waals surface area contributed by atoms with Gasteiger partial charge in [0.2, 0.25) is 5.91 Å². The summed E-state index contributed by atoms with van der Waals surface area (Å²) < 4.78 is 5.80. The fourth-order valence-electron chi connectivity index (χ4n) is 3.11. The van der Waals surface area contributed by atoms with E-state index >= 15 is 0 Å². The molecule has 4 heteroatoms. The molecule has 1 aliphatic rings. The normalized spacial score (nSPS) is 15.7. The summed E-state index contributed by atoms with van der Waals surface area (Å²) in [6.45, 7) is 5.56. The molecule has 1 saturated heterocycles. The van der Waals surface area contributed by atoms with Gasteiger partial charge in [-0.15, -0.1) is 0 Å². The maximum absolute atomic E-state index is 12.3. The van der Waals surface area contributed by atoms with Crippen molar-refractivity contribution in [3.05, 3.63) is 60.2 Å². The average molecular weight is 338 g/mol. The van der Waals surface area contributed by atoms with Crippen LogP contribution in [0.25, 0.3) is 0 Å².